The highest BCUT2D eigenvalue weighted by molar-refractivity contribution is 5.30. The molecule has 0 aliphatic heterocycles. The molecule has 3 nitrogen and oxygen atoms in total. The number of nitrogens with one attached hydrogen (secondary N) is 1. The van der Waals surface area contributed by atoms with E-state index in [9.17, 15) is 0 Å². The Bertz CT molecular complexity index is 422. The van der Waals surface area contributed by atoms with E-state index in [1.54, 1.807) is 6.26 Å². The summed E-state index contributed by atoms with van der Waals surface area (Å²) >= 11 is 0. The quantitative estimate of drug-likeness (QED) is 0.592. The fourth-order valence-electron chi connectivity index (χ4n) is 1.65. The van der Waals surface area contributed by atoms with Crippen molar-refractivity contribution in [3.05, 3.63) is 59.5 Å². The molecule has 1 atom stereocenters. The number of hydrazine groups is 1. The molecule has 1 unspecified atom stereocenters. The summed E-state index contributed by atoms with van der Waals surface area (Å²) in [5.41, 5.74) is 4.96. The molecule has 0 radical (unpaired) electrons. The predicted octanol–water partition coefficient (Wildman–Crippen LogP) is 2.14. The third kappa shape index (κ3) is 2.09. The number of aryl methyl sites for hydroxylation is 1. The average Bonchev–Trinajstić information content (AvgIpc) is 2.68. The Hall–Kier alpha value is -1.58. The topological polar surface area (TPSA) is 51.2 Å². The molecule has 3 N–H and O–H groups in total. The fraction of sp³-hybridized carbons (Fsp3) is 0.167. The summed E-state index contributed by atoms with van der Waals surface area (Å²) in [5.74, 6) is 6.44. The third-order valence-electron chi connectivity index (χ3n) is 2.38. The molecule has 1 aromatic heterocycles. The van der Waals surface area contributed by atoms with Crippen molar-refractivity contribution >= 4 is 0 Å². The van der Waals surface area contributed by atoms with E-state index >= 15 is 0 Å². The highest BCUT2D eigenvalue weighted by atomic mass is 16.3. The minimum absolute atomic E-state index is 0.0105. The highest BCUT2D eigenvalue weighted by Crippen LogP contribution is 2.22. The van der Waals surface area contributed by atoms with Gasteiger partial charge in [0.2, 0.25) is 0 Å². The molecule has 0 fully saturated rings. The number of hydrogen-bond donors (Lipinski definition) is 2. The number of furan rings is 1. The molecular formula is C12H14N2O. The van der Waals surface area contributed by atoms with E-state index in [0.717, 1.165) is 16.9 Å². The van der Waals surface area contributed by atoms with Crippen LogP contribution in [-0.2, 0) is 0 Å². The van der Waals surface area contributed by atoms with E-state index in [0.29, 0.717) is 0 Å². The molecule has 1 heterocycles. The lowest BCUT2D eigenvalue weighted by molar-refractivity contribution is 0.526. The number of hydrogen-bond acceptors (Lipinski definition) is 3. The molecule has 2 rings (SSSR count). The van der Waals surface area contributed by atoms with Crippen LogP contribution in [0.1, 0.15) is 22.9 Å². The summed E-state index contributed by atoms with van der Waals surface area (Å²) < 4.78 is 5.27. The zero-order valence-corrected chi connectivity index (χ0v) is 8.60. The van der Waals surface area contributed by atoms with E-state index in [1.807, 2.05) is 43.3 Å². The van der Waals surface area contributed by atoms with E-state index in [-0.39, 0.29) is 6.04 Å². The van der Waals surface area contributed by atoms with E-state index in [4.69, 9.17) is 10.3 Å². The number of benzene rings is 1. The first kappa shape index (κ1) is 9.96. The maximum atomic E-state index is 5.55. The second-order valence-electron chi connectivity index (χ2n) is 3.50. The van der Waals surface area contributed by atoms with Crippen molar-refractivity contribution in [2.24, 2.45) is 5.84 Å². The monoisotopic (exact) mass is 202 g/mol. The molecule has 0 aliphatic carbocycles. The first-order valence-electron chi connectivity index (χ1n) is 4.87. The van der Waals surface area contributed by atoms with Crippen LogP contribution in [0.5, 0.6) is 0 Å². The molecule has 3 heteroatoms. The van der Waals surface area contributed by atoms with Gasteiger partial charge in [0.05, 0.1) is 12.3 Å². The van der Waals surface area contributed by atoms with E-state index in [1.165, 1.54) is 0 Å². The maximum Gasteiger partial charge on any atom is 0.101 e. The van der Waals surface area contributed by atoms with Crippen molar-refractivity contribution in [3.63, 3.8) is 0 Å². The summed E-state index contributed by atoms with van der Waals surface area (Å²) in [7, 11) is 0. The van der Waals surface area contributed by atoms with Gasteiger partial charge in [0.25, 0.3) is 0 Å². The van der Waals surface area contributed by atoms with Crippen LogP contribution >= 0.6 is 0 Å². The summed E-state index contributed by atoms with van der Waals surface area (Å²) in [4.78, 5) is 0. The van der Waals surface area contributed by atoms with Gasteiger partial charge in [0.1, 0.15) is 5.76 Å². The van der Waals surface area contributed by atoms with Crippen LogP contribution in [0, 0.1) is 6.92 Å². The van der Waals surface area contributed by atoms with E-state index in [2.05, 4.69) is 5.43 Å². The molecule has 0 saturated carbocycles. The Morgan fingerprint density at radius 3 is 2.47 bits per heavy atom. The van der Waals surface area contributed by atoms with Crippen LogP contribution in [-0.4, -0.2) is 0 Å². The Morgan fingerprint density at radius 2 is 1.93 bits per heavy atom. The van der Waals surface area contributed by atoms with Gasteiger partial charge in [0.15, 0.2) is 0 Å². The van der Waals surface area contributed by atoms with Crippen molar-refractivity contribution in [2.45, 2.75) is 13.0 Å². The first-order chi connectivity index (χ1) is 7.31. The molecule has 0 bridgehead atoms. The second kappa shape index (κ2) is 4.29. The van der Waals surface area contributed by atoms with Gasteiger partial charge in [-0.1, -0.05) is 30.3 Å². The zero-order chi connectivity index (χ0) is 10.7. The summed E-state index contributed by atoms with van der Waals surface area (Å²) in [6.45, 7) is 1.92. The lowest BCUT2D eigenvalue weighted by Crippen LogP contribution is -2.28. The van der Waals surface area contributed by atoms with Gasteiger partial charge in [0, 0.05) is 5.56 Å². The van der Waals surface area contributed by atoms with Crippen molar-refractivity contribution in [1.29, 1.82) is 0 Å². The summed E-state index contributed by atoms with van der Waals surface area (Å²) in [5, 5.41) is 0. The largest absolute Gasteiger partial charge is 0.469 e. The SMILES string of the molecule is Cc1cc(C(NN)c2ccccc2)co1. The van der Waals surface area contributed by atoms with Crippen LogP contribution in [0.2, 0.25) is 0 Å². The molecule has 2 aromatic rings. The molecule has 0 spiro atoms. The Balaban J connectivity index is 2.33. The Morgan fingerprint density at radius 1 is 1.20 bits per heavy atom. The summed E-state index contributed by atoms with van der Waals surface area (Å²) in [6.07, 6.45) is 1.73. The van der Waals surface area contributed by atoms with Crippen LogP contribution in [0.15, 0.2) is 47.1 Å². The average molecular weight is 202 g/mol. The molecule has 0 aliphatic rings. The smallest absolute Gasteiger partial charge is 0.101 e. The van der Waals surface area contributed by atoms with Crippen LogP contribution < -0.4 is 11.3 Å². The van der Waals surface area contributed by atoms with Gasteiger partial charge in [-0.15, -0.1) is 0 Å². The molecule has 0 amide bonds. The lowest BCUT2D eigenvalue weighted by Gasteiger charge is -2.13. The lowest BCUT2D eigenvalue weighted by atomic mass is 10.0. The van der Waals surface area contributed by atoms with Gasteiger partial charge in [-0.3, -0.25) is 5.84 Å². The third-order valence-corrected chi connectivity index (χ3v) is 2.38. The zero-order valence-electron chi connectivity index (χ0n) is 8.60. The first-order valence-corrected chi connectivity index (χ1v) is 4.87. The molecule has 1 aromatic carbocycles. The van der Waals surface area contributed by atoms with Gasteiger partial charge in [-0.2, -0.15) is 0 Å². The van der Waals surface area contributed by atoms with Crippen molar-refractivity contribution in [2.75, 3.05) is 0 Å². The van der Waals surface area contributed by atoms with Crippen molar-refractivity contribution < 1.29 is 4.42 Å². The maximum absolute atomic E-state index is 5.55. The minimum Gasteiger partial charge on any atom is -0.469 e. The van der Waals surface area contributed by atoms with Gasteiger partial charge >= 0.3 is 0 Å². The fourth-order valence-corrected chi connectivity index (χ4v) is 1.65. The highest BCUT2D eigenvalue weighted by Gasteiger charge is 2.13. The van der Waals surface area contributed by atoms with Crippen LogP contribution in [0.4, 0.5) is 0 Å². The van der Waals surface area contributed by atoms with Crippen molar-refractivity contribution in [1.82, 2.24) is 5.43 Å². The van der Waals surface area contributed by atoms with Crippen molar-refractivity contribution in [3.8, 4) is 0 Å². The predicted molar refractivity (Wildman–Crippen MR) is 59.1 cm³/mol. The van der Waals surface area contributed by atoms with Gasteiger partial charge < -0.3 is 4.42 Å². The summed E-state index contributed by atoms with van der Waals surface area (Å²) in [6, 6.07) is 12.0. The second-order valence-corrected chi connectivity index (χ2v) is 3.50. The minimum atomic E-state index is -0.0105. The molecule has 15 heavy (non-hydrogen) atoms. The molecular weight excluding hydrogens is 188 g/mol. The standard InChI is InChI=1S/C12H14N2O/c1-9-7-11(8-15-9)12(14-13)10-5-3-2-4-6-10/h2-8,12,14H,13H2,1H3. The normalized spacial score (nSPS) is 12.7. The molecule has 78 valence electrons. The number of nitrogens with two attached hydrogens (primary N) is 1. The number of rotatable bonds is 3. The Labute approximate surface area is 88.9 Å². The van der Waals surface area contributed by atoms with Crippen LogP contribution in [0.25, 0.3) is 0 Å². The molecule has 0 saturated heterocycles. The van der Waals surface area contributed by atoms with Gasteiger partial charge in [-0.25, -0.2) is 5.43 Å². The Kier molecular flexibility index (Phi) is 2.85. The van der Waals surface area contributed by atoms with Crippen LogP contribution in [0.3, 0.4) is 0 Å². The van der Waals surface area contributed by atoms with Gasteiger partial charge in [-0.05, 0) is 18.6 Å². The van der Waals surface area contributed by atoms with E-state index < -0.39 is 0 Å².